The monoisotopic (exact) mass is 291 g/mol. The second-order valence-electron chi connectivity index (χ2n) is 4.30. The second kappa shape index (κ2) is 4.18. The molecule has 1 aliphatic rings. The van der Waals surface area contributed by atoms with E-state index >= 15 is 0 Å². The molecule has 88 valence electrons. The van der Waals surface area contributed by atoms with E-state index in [-0.39, 0.29) is 0 Å². The second-order valence-corrected chi connectivity index (χ2v) is 5.15. The lowest BCUT2D eigenvalue weighted by atomic mass is 10.1. The molecule has 0 radical (unpaired) electrons. The smallest absolute Gasteiger partial charge is 0.151 e. The first-order valence-electron chi connectivity index (χ1n) is 5.90. The van der Waals surface area contributed by atoms with Crippen molar-refractivity contribution >= 4 is 21.7 Å². The van der Waals surface area contributed by atoms with Gasteiger partial charge in [-0.2, -0.15) is 5.10 Å². The molecule has 0 saturated carbocycles. The number of nitrogens with zero attached hydrogens (tertiary/aromatic N) is 1. The summed E-state index contributed by atoms with van der Waals surface area (Å²) in [7, 11) is 0. The highest BCUT2D eigenvalue weighted by Crippen LogP contribution is 2.41. The fourth-order valence-corrected chi connectivity index (χ4v) is 2.81. The Morgan fingerprint density at radius 2 is 2.29 bits per heavy atom. The van der Waals surface area contributed by atoms with Crippen LogP contribution in [0, 0.1) is 0 Å². The highest BCUT2D eigenvalue weighted by atomic mass is 79.9. The van der Waals surface area contributed by atoms with E-state index in [1.807, 2.05) is 0 Å². The van der Waals surface area contributed by atoms with E-state index in [0.717, 1.165) is 25.2 Å². The lowest BCUT2D eigenvalue weighted by Crippen LogP contribution is -2.02. The number of H-pyrrole nitrogens is 1. The maximum Gasteiger partial charge on any atom is 0.151 e. The van der Waals surface area contributed by atoms with Gasteiger partial charge in [-0.15, -0.1) is 0 Å². The van der Waals surface area contributed by atoms with Crippen LogP contribution < -0.4 is 5.32 Å². The number of nitrogens with one attached hydrogen (secondary N) is 2. The van der Waals surface area contributed by atoms with Crippen molar-refractivity contribution in [3.05, 3.63) is 33.8 Å². The zero-order chi connectivity index (χ0) is 11.8. The number of benzene rings is 1. The summed E-state index contributed by atoms with van der Waals surface area (Å²) in [5.74, 6) is 1.00. The number of hydrogen-bond acceptors (Lipinski definition) is 2. The van der Waals surface area contributed by atoms with E-state index in [1.165, 1.54) is 26.9 Å². The summed E-state index contributed by atoms with van der Waals surface area (Å²) in [5, 5.41) is 10.9. The van der Waals surface area contributed by atoms with Gasteiger partial charge < -0.3 is 5.32 Å². The van der Waals surface area contributed by atoms with Gasteiger partial charge in [0, 0.05) is 28.6 Å². The van der Waals surface area contributed by atoms with Crippen molar-refractivity contribution in [2.45, 2.75) is 19.8 Å². The molecule has 0 spiro atoms. The van der Waals surface area contributed by atoms with E-state index in [9.17, 15) is 0 Å². The van der Waals surface area contributed by atoms with Crippen molar-refractivity contribution in [1.29, 1.82) is 0 Å². The van der Waals surface area contributed by atoms with Gasteiger partial charge in [0.15, 0.2) is 5.82 Å². The Labute approximate surface area is 109 Å². The molecule has 0 saturated heterocycles. The topological polar surface area (TPSA) is 40.7 Å². The number of fused-ring (bicyclic) bond motifs is 3. The van der Waals surface area contributed by atoms with Gasteiger partial charge in [-0.1, -0.05) is 35.0 Å². The summed E-state index contributed by atoms with van der Waals surface area (Å²) in [6.45, 7) is 3.13. The third-order valence-corrected chi connectivity index (χ3v) is 3.89. The number of rotatable bonds is 3. The fourth-order valence-electron chi connectivity index (χ4n) is 2.30. The van der Waals surface area contributed by atoms with Crippen LogP contribution in [-0.4, -0.2) is 16.7 Å². The third-order valence-electron chi connectivity index (χ3n) is 3.15. The first-order chi connectivity index (χ1) is 8.31. The molecule has 0 aliphatic heterocycles. The van der Waals surface area contributed by atoms with Crippen LogP contribution >= 0.6 is 15.9 Å². The molecule has 2 aromatic rings. The van der Waals surface area contributed by atoms with E-state index in [0.29, 0.717) is 0 Å². The molecule has 17 heavy (non-hydrogen) atoms. The minimum absolute atomic E-state index is 0.953. The van der Waals surface area contributed by atoms with Crippen molar-refractivity contribution in [1.82, 2.24) is 10.2 Å². The van der Waals surface area contributed by atoms with Crippen molar-refractivity contribution < 1.29 is 0 Å². The van der Waals surface area contributed by atoms with E-state index in [2.05, 4.69) is 56.6 Å². The summed E-state index contributed by atoms with van der Waals surface area (Å²) in [6.07, 6.45) is 2.06. The lowest BCUT2D eigenvalue weighted by Gasteiger charge is -2.03. The zero-order valence-corrected chi connectivity index (χ0v) is 11.3. The Morgan fingerprint density at radius 3 is 3.12 bits per heavy atom. The maximum absolute atomic E-state index is 4.35. The number of hydrogen-bond donors (Lipinski definition) is 2. The summed E-state index contributed by atoms with van der Waals surface area (Å²) in [6, 6.07) is 6.31. The van der Waals surface area contributed by atoms with Gasteiger partial charge >= 0.3 is 0 Å². The molecular formula is C13H14BrN3. The molecule has 4 heteroatoms. The van der Waals surface area contributed by atoms with E-state index in [1.54, 1.807) is 0 Å². The Kier molecular flexibility index (Phi) is 2.67. The molecule has 0 atom stereocenters. The quantitative estimate of drug-likeness (QED) is 0.775. The highest BCUT2D eigenvalue weighted by molar-refractivity contribution is 9.10. The molecular weight excluding hydrogens is 278 g/mol. The van der Waals surface area contributed by atoms with Crippen LogP contribution in [0.25, 0.3) is 11.3 Å². The number of aromatic amines is 1. The first-order valence-corrected chi connectivity index (χ1v) is 6.69. The summed E-state index contributed by atoms with van der Waals surface area (Å²) in [4.78, 5) is 0. The van der Waals surface area contributed by atoms with Crippen LogP contribution in [-0.2, 0) is 6.42 Å². The van der Waals surface area contributed by atoms with Crippen molar-refractivity contribution in [3.8, 4) is 11.3 Å². The number of aromatic nitrogens is 2. The standard InChI is InChI=1S/C13H14BrN3/c1-2-6-15-13-10-7-9-8(12(10)16-17-13)4-3-5-11(9)14/h3-5H,2,6-7H2,1H3,(H2,15,16,17). The van der Waals surface area contributed by atoms with Gasteiger partial charge in [0.1, 0.15) is 0 Å². The lowest BCUT2D eigenvalue weighted by molar-refractivity contribution is 0.956. The Bertz CT molecular complexity index is 560. The molecule has 0 bridgehead atoms. The van der Waals surface area contributed by atoms with Crippen LogP contribution in [0.5, 0.6) is 0 Å². The first kappa shape index (κ1) is 10.8. The van der Waals surface area contributed by atoms with E-state index in [4.69, 9.17) is 0 Å². The Balaban J connectivity index is 2.02. The fraction of sp³-hybridized carbons (Fsp3) is 0.308. The molecule has 1 heterocycles. The van der Waals surface area contributed by atoms with Gasteiger partial charge in [-0.05, 0) is 18.1 Å². The van der Waals surface area contributed by atoms with Crippen LogP contribution in [0.1, 0.15) is 24.5 Å². The van der Waals surface area contributed by atoms with Crippen molar-refractivity contribution in [2.75, 3.05) is 11.9 Å². The van der Waals surface area contributed by atoms with Gasteiger partial charge in [0.2, 0.25) is 0 Å². The van der Waals surface area contributed by atoms with Crippen LogP contribution in [0.3, 0.4) is 0 Å². The average molecular weight is 292 g/mol. The minimum atomic E-state index is 0.953. The summed E-state index contributed by atoms with van der Waals surface area (Å²) < 4.78 is 1.18. The zero-order valence-electron chi connectivity index (χ0n) is 9.68. The molecule has 1 aromatic carbocycles. The molecule has 3 rings (SSSR count). The molecule has 0 amide bonds. The maximum atomic E-state index is 4.35. The molecule has 2 N–H and O–H groups in total. The van der Waals surface area contributed by atoms with Crippen LogP contribution in [0.15, 0.2) is 22.7 Å². The van der Waals surface area contributed by atoms with Crippen LogP contribution in [0.2, 0.25) is 0 Å². The van der Waals surface area contributed by atoms with Gasteiger partial charge in [0.25, 0.3) is 0 Å². The number of halogens is 1. The van der Waals surface area contributed by atoms with Gasteiger partial charge in [-0.3, -0.25) is 5.10 Å². The van der Waals surface area contributed by atoms with Crippen molar-refractivity contribution in [3.63, 3.8) is 0 Å². The normalized spacial score (nSPS) is 12.4. The number of anilines is 1. The SMILES string of the molecule is CCCNc1n[nH]c2c1Cc1c(Br)cccc1-2. The average Bonchev–Trinajstić information content (AvgIpc) is 2.87. The predicted octanol–water partition coefficient (Wildman–Crippen LogP) is 3.57. The molecule has 0 fully saturated rings. The van der Waals surface area contributed by atoms with Crippen molar-refractivity contribution in [2.24, 2.45) is 0 Å². The van der Waals surface area contributed by atoms with Gasteiger partial charge in [0.05, 0.1) is 5.69 Å². The van der Waals surface area contributed by atoms with E-state index < -0.39 is 0 Å². The molecule has 0 unspecified atom stereocenters. The molecule has 1 aliphatic carbocycles. The Hall–Kier alpha value is -1.29. The van der Waals surface area contributed by atoms with Gasteiger partial charge in [-0.25, -0.2) is 0 Å². The third kappa shape index (κ3) is 1.67. The molecule has 3 nitrogen and oxygen atoms in total. The summed E-state index contributed by atoms with van der Waals surface area (Å²) in [5.41, 5.74) is 5.09. The molecule has 1 aromatic heterocycles. The predicted molar refractivity (Wildman–Crippen MR) is 73.3 cm³/mol. The van der Waals surface area contributed by atoms with Crippen LogP contribution in [0.4, 0.5) is 5.82 Å². The largest absolute Gasteiger partial charge is 0.368 e. The Morgan fingerprint density at radius 1 is 1.41 bits per heavy atom. The summed E-state index contributed by atoms with van der Waals surface area (Å²) >= 11 is 3.61. The minimum Gasteiger partial charge on any atom is -0.368 e. The highest BCUT2D eigenvalue weighted by Gasteiger charge is 2.25.